The van der Waals surface area contributed by atoms with Crippen molar-refractivity contribution in [2.45, 2.75) is 33.1 Å². The third-order valence-corrected chi connectivity index (χ3v) is 3.79. The van der Waals surface area contributed by atoms with Crippen LogP contribution < -0.4 is 4.74 Å². The van der Waals surface area contributed by atoms with E-state index >= 15 is 0 Å². The molecular weight excluding hydrogens is 272 g/mol. The number of aryl methyl sites for hydroxylation is 1. The largest absolute Gasteiger partial charge is 0.493 e. The van der Waals surface area contributed by atoms with Crippen molar-refractivity contribution >= 4 is 11.0 Å². The molecule has 0 amide bonds. The lowest BCUT2D eigenvalue weighted by Gasteiger charge is -2.10. The molecule has 2 aromatic carbocycles. The van der Waals surface area contributed by atoms with Gasteiger partial charge in [0.2, 0.25) is 0 Å². The van der Waals surface area contributed by atoms with Crippen LogP contribution in [-0.4, -0.2) is 16.6 Å². The summed E-state index contributed by atoms with van der Waals surface area (Å²) in [5.74, 6) is 1.77. The number of fused-ring (bicyclic) bond motifs is 1. The standard InChI is InChI=1S/C19H22N2O/c1-3-4-7-12-22-18-11-10-14(2)13-15(18)19-20-16-8-5-6-9-17(16)21-19/h5-6,8-11,13H,3-4,7,12H2,1-2H3,(H,20,21). The molecule has 0 aliphatic carbocycles. The summed E-state index contributed by atoms with van der Waals surface area (Å²) in [6, 6.07) is 14.3. The number of imidazole rings is 1. The van der Waals surface area contributed by atoms with E-state index in [0.29, 0.717) is 0 Å². The molecule has 0 spiro atoms. The fourth-order valence-electron chi connectivity index (χ4n) is 2.57. The molecule has 0 saturated carbocycles. The van der Waals surface area contributed by atoms with Gasteiger partial charge >= 0.3 is 0 Å². The van der Waals surface area contributed by atoms with Crippen LogP contribution in [0.1, 0.15) is 31.7 Å². The van der Waals surface area contributed by atoms with E-state index in [1.54, 1.807) is 0 Å². The van der Waals surface area contributed by atoms with E-state index in [9.17, 15) is 0 Å². The van der Waals surface area contributed by atoms with Crippen LogP contribution in [0.4, 0.5) is 0 Å². The first-order valence-corrected chi connectivity index (χ1v) is 7.96. The first-order chi connectivity index (χ1) is 10.8. The maximum Gasteiger partial charge on any atom is 0.142 e. The average molecular weight is 294 g/mol. The van der Waals surface area contributed by atoms with Crippen molar-refractivity contribution in [3.05, 3.63) is 48.0 Å². The van der Waals surface area contributed by atoms with Gasteiger partial charge in [0.05, 0.1) is 23.2 Å². The van der Waals surface area contributed by atoms with Gasteiger partial charge < -0.3 is 9.72 Å². The van der Waals surface area contributed by atoms with Gasteiger partial charge in [-0.3, -0.25) is 0 Å². The zero-order valence-electron chi connectivity index (χ0n) is 13.2. The molecule has 0 bridgehead atoms. The Bertz CT molecular complexity index is 728. The van der Waals surface area contributed by atoms with Crippen LogP contribution in [0.5, 0.6) is 5.75 Å². The van der Waals surface area contributed by atoms with Crippen molar-refractivity contribution in [1.82, 2.24) is 9.97 Å². The van der Waals surface area contributed by atoms with Crippen molar-refractivity contribution in [3.63, 3.8) is 0 Å². The van der Waals surface area contributed by atoms with Gasteiger partial charge in [-0.25, -0.2) is 4.98 Å². The molecule has 3 aromatic rings. The van der Waals surface area contributed by atoms with Gasteiger partial charge in [-0.15, -0.1) is 0 Å². The van der Waals surface area contributed by atoms with E-state index < -0.39 is 0 Å². The van der Waals surface area contributed by atoms with Crippen molar-refractivity contribution in [2.24, 2.45) is 0 Å². The second kappa shape index (κ2) is 6.65. The van der Waals surface area contributed by atoms with E-state index in [1.165, 1.54) is 18.4 Å². The second-order valence-corrected chi connectivity index (χ2v) is 5.66. The molecule has 1 N–H and O–H groups in total. The summed E-state index contributed by atoms with van der Waals surface area (Å²) in [4.78, 5) is 8.08. The van der Waals surface area contributed by atoms with Gasteiger partial charge in [0.25, 0.3) is 0 Å². The first-order valence-electron chi connectivity index (χ1n) is 7.96. The minimum Gasteiger partial charge on any atom is -0.493 e. The molecule has 1 heterocycles. The molecule has 3 nitrogen and oxygen atoms in total. The zero-order chi connectivity index (χ0) is 15.4. The maximum atomic E-state index is 5.98. The minimum atomic E-state index is 0.754. The molecule has 0 atom stereocenters. The molecule has 0 radical (unpaired) electrons. The van der Waals surface area contributed by atoms with E-state index in [1.807, 2.05) is 30.3 Å². The molecule has 3 heteroatoms. The number of ether oxygens (including phenoxy) is 1. The van der Waals surface area contributed by atoms with Gasteiger partial charge in [-0.05, 0) is 37.6 Å². The van der Waals surface area contributed by atoms with E-state index in [-0.39, 0.29) is 0 Å². The highest BCUT2D eigenvalue weighted by atomic mass is 16.5. The summed E-state index contributed by atoms with van der Waals surface area (Å²) < 4.78 is 5.98. The molecule has 0 unspecified atom stereocenters. The molecule has 1 aromatic heterocycles. The molecule has 0 aliphatic heterocycles. The van der Waals surface area contributed by atoms with Gasteiger partial charge in [-0.2, -0.15) is 0 Å². The van der Waals surface area contributed by atoms with Gasteiger partial charge in [-0.1, -0.05) is 43.5 Å². The number of benzene rings is 2. The van der Waals surface area contributed by atoms with E-state index in [4.69, 9.17) is 9.72 Å². The quantitative estimate of drug-likeness (QED) is 0.642. The third kappa shape index (κ3) is 3.14. The highest BCUT2D eigenvalue weighted by Gasteiger charge is 2.11. The Balaban J connectivity index is 1.92. The lowest BCUT2D eigenvalue weighted by atomic mass is 10.1. The molecular formula is C19H22N2O. The summed E-state index contributed by atoms with van der Waals surface area (Å²) >= 11 is 0. The molecule has 22 heavy (non-hydrogen) atoms. The van der Waals surface area contributed by atoms with Gasteiger partial charge in [0.15, 0.2) is 0 Å². The summed E-state index contributed by atoms with van der Waals surface area (Å²) in [5, 5.41) is 0. The van der Waals surface area contributed by atoms with Crippen LogP contribution in [-0.2, 0) is 0 Å². The Hall–Kier alpha value is -2.29. The number of para-hydroxylation sites is 2. The molecule has 0 fully saturated rings. The van der Waals surface area contributed by atoms with Crippen LogP contribution in [0.25, 0.3) is 22.4 Å². The smallest absolute Gasteiger partial charge is 0.142 e. The van der Waals surface area contributed by atoms with E-state index in [2.05, 4.69) is 31.0 Å². The highest BCUT2D eigenvalue weighted by Crippen LogP contribution is 2.30. The maximum absolute atomic E-state index is 5.98. The third-order valence-electron chi connectivity index (χ3n) is 3.79. The topological polar surface area (TPSA) is 37.9 Å². The summed E-state index contributed by atoms with van der Waals surface area (Å²) in [6.45, 7) is 5.04. The van der Waals surface area contributed by atoms with Crippen LogP contribution in [0.3, 0.4) is 0 Å². The Kier molecular flexibility index (Phi) is 4.42. The van der Waals surface area contributed by atoms with Crippen molar-refractivity contribution in [3.8, 4) is 17.1 Å². The average Bonchev–Trinajstić information content (AvgIpc) is 2.96. The van der Waals surface area contributed by atoms with Gasteiger partial charge in [0.1, 0.15) is 11.6 Å². The summed E-state index contributed by atoms with van der Waals surface area (Å²) in [7, 11) is 0. The normalized spacial score (nSPS) is 11.0. The van der Waals surface area contributed by atoms with E-state index in [0.717, 1.165) is 41.2 Å². The number of nitrogens with zero attached hydrogens (tertiary/aromatic N) is 1. The predicted molar refractivity (Wildman–Crippen MR) is 91.3 cm³/mol. The minimum absolute atomic E-state index is 0.754. The lowest BCUT2D eigenvalue weighted by Crippen LogP contribution is -1.99. The number of aromatic amines is 1. The van der Waals surface area contributed by atoms with Gasteiger partial charge in [0, 0.05) is 0 Å². The van der Waals surface area contributed by atoms with Crippen molar-refractivity contribution in [1.29, 1.82) is 0 Å². The molecule has 114 valence electrons. The number of unbranched alkanes of at least 4 members (excludes halogenated alkanes) is 2. The number of nitrogens with one attached hydrogen (secondary N) is 1. The Labute approximate surface area is 131 Å². The van der Waals surface area contributed by atoms with Crippen LogP contribution in [0.2, 0.25) is 0 Å². The number of hydrogen-bond acceptors (Lipinski definition) is 2. The fraction of sp³-hybridized carbons (Fsp3) is 0.316. The first kappa shape index (κ1) is 14.6. The predicted octanol–water partition coefficient (Wildman–Crippen LogP) is 5.11. The Morgan fingerprint density at radius 1 is 1.09 bits per heavy atom. The number of H-pyrrole nitrogens is 1. The van der Waals surface area contributed by atoms with Crippen molar-refractivity contribution in [2.75, 3.05) is 6.61 Å². The monoisotopic (exact) mass is 294 g/mol. The number of aromatic nitrogens is 2. The second-order valence-electron chi connectivity index (χ2n) is 5.66. The lowest BCUT2D eigenvalue weighted by molar-refractivity contribution is 0.307. The number of hydrogen-bond donors (Lipinski definition) is 1. The fourth-order valence-corrected chi connectivity index (χ4v) is 2.57. The molecule has 0 saturated heterocycles. The Morgan fingerprint density at radius 2 is 1.95 bits per heavy atom. The van der Waals surface area contributed by atoms with Crippen molar-refractivity contribution < 1.29 is 4.74 Å². The molecule has 3 rings (SSSR count). The van der Waals surface area contributed by atoms with Crippen LogP contribution in [0, 0.1) is 6.92 Å². The molecule has 0 aliphatic rings. The summed E-state index contributed by atoms with van der Waals surface area (Å²) in [5.41, 5.74) is 4.27. The van der Waals surface area contributed by atoms with Crippen LogP contribution >= 0.6 is 0 Å². The SMILES string of the molecule is CCCCCOc1ccc(C)cc1-c1nc2ccccc2[nH]1. The summed E-state index contributed by atoms with van der Waals surface area (Å²) in [6.07, 6.45) is 3.49. The highest BCUT2D eigenvalue weighted by molar-refractivity contribution is 5.80. The number of rotatable bonds is 6. The van der Waals surface area contributed by atoms with Crippen LogP contribution in [0.15, 0.2) is 42.5 Å². The zero-order valence-corrected chi connectivity index (χ0v) is 13.2. The Morgan fingerprint density at radius 3 is 2.77 bits per heavy atom.